The summed E-state index contributed by atoms with van der Waals surface area (Å²) in [7, 11) is 1.70. The zero-order valence-electron chi connectivity index (χ0n) is 9.58. The molecule has 1 amide bonds. The number of amides is 1. The third-order valence-corrected chi connectivity index (χ3v) is 2.46. The maximum atomic E-state index is 11.8. The van der Waals surface area contributed by atoms with Gasteiger partial charge >= 0.3 is 0 Å². The van der Waals surface area contributed by atoms with Gasteiger partial charge in [-0.2, -0.15) is 0 Å². The molecule has 7 heteroatoms. The van der Waals surface area contributed by atoms with E-state index in [1.807, 2.05) is 24.3 Å². The van der Waals surface area contributed by atoms with E-state index in [0.29, 0.717) is 5.95 Å². The van der Waals surface area contributed by atoms with Crippen LogP contribution in [0, 0.1) is 0 Å². The lowest BCUT2D eigenvalue weighted by Gasteiger charge is -1.96. The summed E-state index contributed by atoms with van der Waals surface area (Å²) < 4.78 is 1.47. The number of aromatic amines is 1. The molecule has 2 heterocycles. The van der Waals surface area contributed by atoms with Crippen molar-refractivity contribution in [3.05, 3.63) is 36.2 Å². The Hall–Kier alpha value is -2.70. The quantitative estimate of drug-likeness (QED) is 0.700. The van der Waals surface area contributed by atoms with Gasteiger partial charge in [-0.05, 0) is 12.1 Å². The zero-order chi connectivity index (χ0) is 12.5. The minimum Gasteiger partial charge on any atom is -0.324 e. The maximum absolute atomic E-state index is 11.8. The monoisotopic (exact) mass is 242 g/mol. The molecule has 0 bridgehead atoms. The molecule has 0 aliphatic rings. The first kappa shape index (κ1) is 10.5. The number of aromatic nitrogens is 5. The maximum Gasteiger partial charge on any atom is 0.280 e. The Morgan fingerprint density at radius 2 is 2.22 bits per heavy atom. The summed E-state index contributed by atoms with van der Waals surface area (Å²) >= 11 is 0. The van der Waals surface area contributed by atoms with Crippen LogP contribution >= 0.6 is 0 Å². The van der Waals surface area contributed by atoms with E-state index in [4.69, 9.17) is 0 Å². The van der Waals surface area contributed by atoms with Gasteiger partial charge in [0.2, 0.25) is 5.95 Å². The Balaban J connectivity index is 1.86. The van der Waals surface area contributed by atoms with E-state index in [1.165, 1.54) is 10.9 Å². The molecule has 0 spiro atoms. The molecule has 2 aromatic heterocycles. The molecule has 3 aromatic rings. The molecule has 3 rings (SSSR count). The number of aryl methyl sites for hydroxylation is 1. The van der Waals surface area contributed by atoms with Gasteiger partial charge in [-0.15, -0.1) is 5.10 Å². The Morgan fingerprint density at radius 1 is 1.39 bits per heavy atom. The van der Waals surface area contributed by atoms with E-state index >= 15 is 0 Å². The molecule has 0 saturated carbocycles. The van der Waals surface area contributed by atoms with Gasteiger partial charge in [-0.1, -0.05) is 17.3 Å². The van der Waals surface area contributed by atoms with Gasteiger partial charge in [0.1, 0.15) is 0 Å². The zero-order valence-corrected chi connectivity index (χ0v) is 9.58. The molecule has 0 aliphatic carbocycles. The minimum absolute atomic E-state index is 0.248. The van der Waals surface area contributed by atoms with E-state index in [1.54, 1.807) is 7.05 Å². The molecule has 1 aromatic carbocycles. The summed E-state index contributed by atoms with van der Waals surface area (Å²) in [6.07, 6.45) is 1.54. The third kappa shape index (κ3) is 1.81. The van der Waals surface area contributed by atoms with Crippen LogP contribution in [-0.2, 0) is 7.05 Å². The summed E-state index contributed by atoms with van der Waals surface area (Å²) in [4.78, 5) is 19.1. The van der Waals surface area contributed by atoms with Crippen molar-refractivity contribution in [2.24, 2.45) is 7.05 Å². The van der Waals surface area contributed by atoms with Crippen LogP contribution in [0.2, 0.25) is 0 Å². The average Bonchev–Trinajstić information content (AvgIpc) is 2.94. The van der Waals surface area contributed by atoms with Gasteiger partial charge in [0.25, 0.3) is 5.91 Å². The van der Waals surface area contributed by atoms with E-state index in [9.17, 15) is 4.79 Å². The number of fused-ring (bicyclic) bond motifs is 1. The van der Waals surface area contributed by atoms with E-state index in [2.05, 4.69) is 25.6 Å². The highest BCUT2D eigenvalue weighted by Crippen LogP contribution is 2.13. The first-order valence-corrected chi connectivity index (χ1v) is 5.35. The highest BCUT2D eigenvalue weighted by atomic mass is 16.2. The van der Waals surface area contributed by atoms with Gasteiger partial charge in [-0.3, -0.25) is 14.8 Å². The van der Waals surface area contributed by atoms with Gasteiger partial charge in [0.15, 0.2) is 5.69 Å². The normalized spacial score (nSPS) is 10.7. The van der Waals surface area contributed by atoms with E-state index < -0.39 is 0 Å². The lowest BCUT2D eigenvalue weighted by Crippen LogP contribution is -2.13. The topological polar surface area (TPSA) is 88.5 Å². The fourth-order valence-corrected chi connectivity index (χ4v) is 1.63. The summed E-state index contributed by atoms with van der Waals surface area (Å²) in [6, 6.07) is 7.54. The Kier molecular flexibility index (Phi) is 2.30. The highest BCUT2D eigenvalue weighted by molar-refractivity contribution is 6.02. The number of hydrogen-bond acceptors (Lipinski definition) is 4. The molecule has 0 unspecified atom stereocenters. The SMILES string of the molecule is Cn1cc(C(=O)Nc2nc3ccccc3[nH]2)nn1. The second-order valence-corrected chi connectivity index (χ2v) is 3.83. The van der Waals surface area contributed by atoms with Crippen molar-refractivity contribution in [3.63, 3.8) is 0 Å². The number of anilines is 1. The largest absolute Gasteiger partial charge is 0.324 e. The molecule has 0 aliphatic heterocycles. The Morgan fingerprint density at radius 3 is 2.94 bits per heavy atom. The van der Waals surface area contributed by atoms with Gasteiger partial charge in [0.05, 0.1) is 17.2 Å². The van der Waals surface area contributed by atoms with E-state index in [0.717, 1.165) is 11.0 Å². The molecule has 18 heavy (non-hydrogen) atoms. The first-order valence-electron chi connectivity index (χ1n) is 5.35. The lowest BCUT2D eigenvalue weighted by molar-refractivity contribution is 0.102. The molecule has 7 nitrogen and oxygen atoms in total. The first-order chi connectivity index (χ1) is 8.72. The van der Waals surface area contributed by atoms with Crippen LogP contribution in [0.4, 0.5) is 5.95 Å². The number of imidazole rings is 1. The summed E-state index contributed by atoms with van der Waals surface area (Å²) in [5.74, 6) is 0.0500. The van der Waals surface area contributed by atoms with Crippen LogP contribution in [-0.4, -0.2) is 30.9 Å². The number of H-pyrrole nitrogens is 1. The third-order valence-electron chi connectivity index (χ3n) is 2.46. The lowest BCUT2D eigenvalue weighted by atomic mass is 10.3. The summed E-state index contributed by atoms with van der Waals surface area (Å²) in [6.45, 7) is 0. The predicted molar refractivity (Wildman–Crippen MR) is 65.0 cm³/mol. The van der Waals surface area contributed by atoms with Crippen molar-refractivity contribution in [3.8, 4) is 0 Å². The average molecular weight is 242 g/mol. The Labute approximate surface area is 102 Å². The molecule has 0 fully saturated rings. The Bertz CT molecular complexity index is 680. The molecular formula is C11H10N6O. The number of para-hydroxylation sites is 2. The second-order valence-electron chi connectivity index (χ2n) is 3.83. The number of nitrogens with one attached hydrogen (secondary N) is 2. The number of carbonyl (C=O) groups is 1. The van der Waals surface area contributed by atoms with Crippen LogP contribution in [0.15, 0.2) is 30.5 Å². The van der Waals surface area contributed by atoms with Gasteiger partial charge in [0, 0.05) is 7.05 Å². The molecule has 90 valence electrons. The molecule has 0 saturated heterocycles. The predicted octanol–water partition coefficient (Wildman–Crippen LogP) is 0.944. The summed E-state index contributed by atoms with van der Waals surface area (Å²) in [5.41, 5.74) is 1.91. The molecule has 0 atom stereocenters. The highest BCUT2D eigenvalue weighted by Gasteiger charge is 2.12. The molecular weight excluding hydrogens is 232 g/mol. The van der Waals surface area contributed by atoms with Crippen LogP contribution < -0.4 is 5.32 Å². The van der Waals surface area contributed by atoms with E-state index in [-0.39, 0.29) is 11.6 Å². The summed E-state index contributed by atoms with van der Waals surface area (Å²) in [5, 5.41) is 10.1. The van der Waals surface area contributed by atoms with Crippen molar-refractivity contribution in [2.75, 3.05) is 5.32 Å². The van der Waals surface area contributed by atoms with Crippen molar-refractivity contribution in [2.45, 2.75) is 0 Å². The van der Waals surface area contributed by atoms with Crippen molar-refractivity contribution in [1.29, 1.82) is 0 Å². The van der Waals surface area contributed by atoms with Crippen molar-refractivity contribution >= 4 is 22.9 Å². The second kappa shape index (κ2) is 3.95. The van der Waals surface area contributed by atoms with Crippen LogP contribution in [0.3, 0.4) is 0 Å². The number of nitrogens with zero attached hydrogens (tertiary/aromatic N) is 4. The van der Waals surface area contributed by atoms with Crippen molar-refractivity contribution < 1.29 is 4.79 Å². The standard InChI is InChI=1S/C11H10N6O/c1-17-6-9(15-16-17)10(18)14-11-12-7-4-2-3-5-8(7)13-11/h2-6H,1H3,(H2,12,13,14,18). The number of carbonyl (C=O) groups excluding carboxylic acids is 1. The fourth-order valence-electron chi connectivity index (χ4n) is 1.63. The smallest absolute Gasteiger partial charge is 0.280 e. The molecule has 0 radical (unpaired) electrons. The number of rotatable bonds is 2. The minimum atomic E-state index is -0.345. The van der Waals surface area contributed by atoms with Crippen LogP contribution in [0.1, 0.15) is 10.5 Å². The van der Waals surface area contributed by atoms with Crippen molar-refractivity contribution in [1.82, 2.24) is 25.0 Å². The van der Waals surface area contributed by atoms with Gasteiger partial charge in [-0.25, -0.2) is 4.98 Å². The molecule has 2 N–H and O–H groups in total. The van der Waals surface area contributed by atoms with Gasteiger partial charge < -0.3 is 4.98 Å². The fraction of sp³-hybridized carbons (Fsp3) is 0.0909. The number of hydrogen-bond donors (Lipinski definition) is 2. The number of benzene rings is 1. The van der Waals surface area contributed by atoms with Crippen LogP contribution in [0.25, 0.3) is 11.0 Å². The van der Waals surface area contributed by atoms with Crippen LogP contribution in [0.5, 0.6) is 0 Å².